The Bertz CT molecular complexity index is 1190. The summed E-state index contributed by atoms with van der Waals surface area (Å²) in [6.45, 7) is 6.09. The number of nitrogens with zero attached hydrogens (tertiary/aromatic N) is 2. The van der Waals surface area contributed by atoms with E-state index in [-0.39, 0.29) is 37.1 Å². The Morgan fingerprint density at radius 2 is 1.77 bits per heavy atom. The summed E-state index contributed by atoms with van der Waals surface area (Å²) in [6.07, 6.45) is 0.691. The Kier molecular flexibility index (Phi) is 10.0. The van der Waals surface area contributed by atoms with Crippen LogP contribution in [0, 0.1) is 5.41 Å². The molecule has 4 rings (SSSR count). The highest BCUT2D eigenvalue weighted by atomic mass is 35.5. The molecule has 1 unspecified atom stereocenters. The highest BCUT2D eigenvalue weighted by Gasteiger charge is 2.55. The smallest absolute Gasteiger partial charge is 0.255 e. The van der Waals surface area contributed by atoms with E-state index in [0.29, 0.717) is 26.1 Å². The summed E-state index contributed by atoms with van der Waals surface area (Å²) in [5.41, 5.74) is 6.61. The van der Waals surface area contributed by atoms with E-state index in [1.54, 1.807) is 13.8 Å². The zero-order valence-electron chi connectivity index (χ0n) is 22.7. The van der Waals surface area contributed by atoms with Gasteiger partial charge < -0.3 is 21.1 Å². The fraction of sp³-hybridized carbons (Fsp3) is 0.448. The summed E-state index contributed by atoms with van der Waals surface area (Å²) in [4.78, 5) is 40.3. The van der Waals surface area contributed by atoms with Crippen molar-refractivity contribution >= 4 is 35.7 Å². The maximum absolute atomic E-state index is 13.9. The van der Waals surface area contributed by atoms with Crippen LogP contribution in [0.2, 0.25) is 0 Å². The molecule has 0 spiro atoms. The van der Waals surface area contributed by atoms with Crippen LogP contribution in [0.3, 0.4) is 0 Å². The summed E-state index contributed by atoms with van der Waals surface area (Å²) in [5.74, 6) is -0.794. The maximum atomic E-state index is 13.9. The zero-order valence-corrected chi connectivity index (χ0v) is 23.5. The molecule has 0 aromatic heterocycles. The van der Waals surface area contributed by atoms with Crippen LogP contribution in [-0.4, -0.2) is 65.6 Å². The van der Waals surface area contributed by atoms with E-state index in [9.17, 15) is 14.4 Å². The summed E-state index contributed by atoms with van der Waals surface area (Å²) in [7, 11) is 0. The number of Topliss-reactive ketones (excluding diaryl/α,β-unsaturated/α-hetero) is 1. The Morgan fingerprint density at radius 1 is 1.15 bits per heavy atom. The van der Waals surface area contributed by atoms with Crippen molar-refractivity contribution in [3.8, 4) is 0 Å². The van der Waals surface area contributed by atoms with Crippen LogP contribution in [-0.2, 0) is 32.1 Å². The van der Waals surface area contributed by atoms with E-state index in [0.717, 1.165) is 16.8 Å². The first-order chi connectivity index (χ1) is 18.1. The van der Waals surface area contributed by atoms with Gasteiger partial charge in [-0.2, -0.15) is 5.10 Å². The topological polar surface area (TPSA) is 126 Å². The second-order valence-corrected chi connectivity index (χ2v) is 10.6. The molecule has 0 radical (unpaired) electrons. The Labute approximate surface area is 235 Å². The molecule has 2 aromatic carbocycles. The predicted molar refractivity (Wildman–Crippen MR) is 152 cm³/mol. The van der Waals surface area contributed by atoms with Gasteiger partial charge in [0.1, 0.15) is 6.04 Å². The van der Waals surface area contributed by atoms with Gasteiger partial charge in [0, 0.05) is 13.1 Å². The van der Waals surface area contributed by atoms with Gasteiger partial charge in [-0.15, -0.1) is 12.4 Å². The van der Waals surface area contributed by atoms with Crippen molar-refractivity contribution in [3.63, 3.8) is 0 Å². The van der Waals surface area contributed by atoms with Gasteiger partial charge in [-0.05, 0) is 44.7 Å². The lowest BCUT2D eigenvalue weighted by Crippen LogP contribution is -2.62. The van der Waals surface area contributed by atoms with Gasteiger partial charge in [0.15, 0.2) is 5.78 Å². The quantitative estimate of drug-likeness (QED) is 0.390. The van der Waals surface area contributed by atoms with E-state index >= 15 is 0 Å². The van der Waals surface area contributed by atoms with Gasteiger partial charge in [-0.3, -0.25) is 14.4 Å². The maximum Gasteiger partial charge on any atom is 0.255 e. The molecule has 9 nitrogen and oxygen atoms in total. The molecule has 0 aliphatic carbocycles. The molecule has 1 fully saturated rings. The number of benzene rings is 2. The van der Waals surface area contributed by atoms with E-state index in [2.05, 4.69) is 15.7 Å². The van der Waals surface area contributed by atoms with E-state index in [4.69, 9.17) is 10.5 Å². The number of rotatable bonds is 11. The van der Waals surface area contributed by atoms with Crippen molar-refractivity contribution in [1.29, 1.82) is 0 Å². The first-order valence-corrected chi connectivity index (χ1v) is 13.1. The summed E-state index contributed by atoms with van der Waals surface area (Å²) >= 11 is 0. The minimum atomic E-state index is -1.17. The number of hydrogen-bond donors (Lipinski definition) is 3. The van der Waals surface area contributed by atoms with Crippen molar-refractivity contribution in [2.24, 2.45) is 16.3 Å². The number of nitrogens with one attached hydrogen (secondary N) is 2. The van der Waals surface area contributed by atoms with Crippen molar-refractivity contribution in [1.82, 2.24) is 15.6 Å². The van der Waals surface area contributed by atoms with E-state index in [1.807, 2.05) is 67.6 Å². The lowest BCUT2D eigenvalue weighted by molar-refractivity contribution is -0.138. The van der Waals surface area contributed by atoms with Gasteiger partial charge >= 0.3 is 0 Å². The fourth-order valence-corrected chi connectivity index (χ4v) is 4.97. The lowest BCUT2D eigenvalue weighted by Gasteiger charge is -2.38. The molecule has 2 heterocycles. The van der Waals surface area contributed by atoms with Crippen LogP contribution < -0.4 is 16.4 Å². The molecular formula is C29H38ClN5O4. The van der Waals surface area contributed by atoms with Gasteiger partial charge in [-0.25, -0.2) is 5.01 Å². The molecule has 2 aliphatic heterocycles. The monoisotopic (exact) mass is 555 g/mol. The number of carbonyl (C=O) groups excluding carboxylic acids is 3. The van der Waals surface area contributed by atoms with Gasteiger partial charge in [0.25, 0.3) is 5.91 Å². The van der Waals surface area contributed by atoms with Crippen LogP contribution in [0.15, 0.2) is 65.8 Å². The number of fused-ring (bicyclic) bond motifs is 1. The van der Waals surface area contributed by atoms with E-state index < -0.39 is 28.9 Å². The molecule has 210 valence electrons. The highest BCUT2D eigenvalue weighted by Crippen LogP contribution is 2.40. The molecule has 3 atom stereocenters. The largest absolute Gasteiger partial charge is 0.374 e. The SMILES string of the molecule is CCN1N=C2CNC(C(=O)[C@@H](COCc3ccccc3)NC(=O)C(C)(C)N)C[C@]2(Cc2ccccc2)C1=O.Cl. The average Bonchev–Trinajstić information content (AvgIpc) is 3.18. The third-order valence-electron chi connectivity index (χ3n) is 7.13. The van der Waals surface area contributed by atoms with Crippen LogP contribution in [0.5, 0.6) is 0 Å². The minimum Gasteiger partial charge on any atom is -0.374 e. The minimum absolute atomic E-state index is 0. The molecule has 39 heavy (non-hydrogen) atoms. The molecule has 4 N–H and O–H groups in total. The number of carbonyl (C=O) groups is 3. The fourth-order valence-electron chi connectivity index (χ4n) is 4.97. The number of nitrogens with two attached hydrogens (primary N) is 1. The van der Waals surface area contributed by atoms with Crippen LogP contribution in [0.25, 0.3) is 0 Å². The number of ether oxygens (including phenoxy) is 1. The number of amides is 2. The molecule has 2 aliphatic rings. The molecule has 2 aromatic rings. The number of halogens is 1. The molecule has 1 saturated heterocycles. The van der Waals surface area contributed by atoms with E-state index in [1.165, 1.54) is 5.01 Å². The van der Waals surface area contributed by atoms with Gasteiger partial charge in [0.2, 0.25) is 5.91 Å². The molecule has 10 heteroatoms. The summed E-state index contributed by atoms with van der Waals surface area (Å²) in [6, 6.07) is 17.8. The average molecular weight is 556 g/mol. The van der Waals surface area contributed by atoms with Crippen molar-refractivity contribution in [3.05, 3.63) is 71.8 Å². The zero-order chi connectivity index (χ0) is 27.3. The molecular weight excluding hydrogens is 518 g/mol. The molecule has 2 amide bonds. The lowest BCUT2D eigenvalue weighted by atomic mass is 9.69. The molecule has 0 bridgehead atoms. The third kappa shape index (κ3) is 6.91. The number of hydrazone groups is 1. The van der Waals surface area contributed by atoms with Crippen LogP contribution in [0.4, 0.5) is 0 Å². The number of piperidine rings is 1. The predicted octanol–water partition coefficient (Wildman–Crippen LogP) is 2.23. The number of ketones is 1. The third-order valence-corrected chi connectivity index (χ3v) is 7.13. The first kappa shape index (κ1) is 30.4. The summed E-state index contributed by atoms with van der Waals surface area (Å²) < 4.78 is 5.87. The molecule has 0 saturated carbocycles. The van der Waals surface area contributed by atoms with Crippen LogP contribution >= 0.6 is 12.4 Å². The van der Waals surface area contributed by atoms with Gasteiger partial charge in [-0.1, -0.05) is 60.7 Å². The summed E-state index contributed by atoms with van der Waals surface area (Å²) in [5, 5.41) is 12.1. The van der Waals surface area contributed by atoms with Gasteiger partial charge in [0.05, 0.1) is 35.9 Å². The second kappa shape index (κ2) is 12.8. The number of hydrogen-bond acceptors (Lipinski definition) is 7. The standard InChI is InChI=1S/C29H37N5O4.ClH/c1-4-34-27(37)29(15-20-11-7-5-8-12-20)16-22(31-17-24(29)33-34)25(35)23(32-26(36)28(2,3)30)19-38-18-21-13-9-6-10-14-21;/h5-14,22-23,31H,4,15-19,30H2,1-3H3,(H,32,36);1H/t22?,23-,29+;/m1./s1. The van der Waals surface area contributed by atoms with Crippen LogP contribution in [0.1, 0.15) is 38.3 Å². The highest BCUT2D eigenvalue weighted by molar-refractivity contribution is 6.14. The second-order valence-electron chi connectivity index (χ2n) is 10.6. The van der Waals surface area contributed by atoms with Crippen molar-refractivity contribution in [2.45, 2.75) is 57.8 Å². The first-order valence-electron chi connectivity index (χ1n) is 13.1. The van der Waals surface area contributed by atoms with Crippen molar-refractivity contribution < 1.29 is 19.1 Å². The van der Waals surface area contributed by atoms with Crippen molar-refractivity contribution in [2.75, 3.05) is 19.7 Å². The Morgan fingerprint density at radius 3 is 2.36 bits per heavy atom. The normalized spacial score (nSPS) is 21.4. The Balaban J connectivity index is 0.00000420. The Hall–Kier alpha value is -3.11.